The second-order valence-electron chi connectivity index (χ2n) is 3.04. The molecule has 70 valence electrons. The quantitative estimate of drug-likeness (QED) is 0.630. The molecule has 0 aromatic heterocycles. The van der Waals surface area contributed by atoms with Gasteiger partial charge in [0.1, 0.15) is 0 Å². The smallest absolute Gasteiger partial charge is 0.186 e. The standard InChI is InChI=1S/C11H10N2O/c1-14-11-10-5-3-2-4-9(10)6-7-13(11)8-12/h2-7,11H,1H3. The zero-order chi connectivity index (χ0) is 9.97. The Morgan fingerprint density at radius 2 is 2.21 bits per heavy atom. The molecule has 14 heavy (non-hydrogen) atoms. The van der Waals surface area contributed by atoms with Gasteiger partial charge >= 0.3 is 0 Å². The molecule has 1 aliphatic heterocycles. The number of fused-ring (bicyclic) bond motifs is 1. The maximum atomic E-state index is 8.86. The van der Waals surface area contributed by atoms with Gasteiger partial charge in [0.15, 0.2) is 12.4 Å². The van der Waals surface area contributed by atoms with Crippen molar-refractivity contribution in [1.82, 2.24) is 4.90 Å². The van der Waals surface area contributed by atoms with Crippen LogP contribution in [-0.2, 0) is 4.74 Å². The van der Waals surface area contributed by atoms with Crippen LogP contribution in [0.2, 0.25) is 0 Å². The fourth-order valence-electron chi connectivity index (χ4n) is 1.60. The first kappa shape index (κ1) is 8.79. The third kappa shape index (κ3) is 1.26. The topological polar surface area (TPSA) is 36.3 Å². The summed E-state index contributed by atoms with van der Waals surface area (Å²) in [6.45, 7) is 0. The van der Waals surface area contributed by atoms with Gasteiger partial charge in [0.25, 0.3) is 0 Å². The summed E-state index contributed by atoms with van der Waals surface area (Å²) in [6, 6.07) is 7.89. The van der Waals surface area contributed by atoms with E-state index in [9.17, 15) is 0 Å². The summed E-state index contributed by atoms with van der Waals surface area (Å²) in [6.07, 6.45) is 5.42. The molecule has 1 atom stereocenters. The Kier molecular flexibility index (Phi) is 2.21. The average Bonchev–Trinajstić information content (AvgIpc) is 2.27. The van der Waals surface area contributed by atoms with Crippen molar-refractivity contribution in [3.63, 3.8) is 0 Å². The molecular weight excluding hydrogens is 176 g/mol. The highest BCUT2D eigenvalue weighted by Crippen LogP contribution is 2.29. The van der Waals surface area contributed by atoms with Crippen molar-refractivity contribution >= 4 is 6.08 Å². The van der Waals surface area contributed by atoms with Crippen LogP contribution in [0.4, 0.5) is 0 Å². The Morgan fingerprint density at radius 1 is 1.43 bits per heavy atom. The molecule has 1 unspecified atom stereocenters. The number of benzene rings is 1. The fourth-order valence-corrected chi connectivity index (χ4v) is 1.60. The predicted molar refractivity (Wildman–Crippen MR) is 52.7 cm³/mol. The summed E-state index contributed by atoms with van der Waals surface area (Å²) in [5.41, 5.74) is 2.13. The van der Waals surface area contributed by atoms with Crippen molar-refractivity contribution < 1.29 is 4.74 Å². The average molecular weight is 186 g/mol. The van der Waals surface area contributed by atoms with Crippen molar-refractivity contribution in [3.05, 3.63) is 41.6 Å². The van der Waals surface area contributed by atoms with Gasteiger partial charge in [-0.1, -0.05) is 24.3 Å². The minimum absolute atomic E-state index is 0.291. The number of nitrogens with zero attached hydrogens (tertiary/aromatic N) is 2. The van der Waals surface area contributed by atoms with Crippen LogP contribution in [0.25, 0.3) is 6.08 Å². The maximum absolute atomic E-state index is 8.86. The van der Waals surface area contributed by atoms with E-state index in [1.807, 2.05) is 30.3 Å². The molecule has 0 saturated heterocycles. The maximum Gasteiger partial charge on any atom is 0.186 e. The number of nitriles is 1. The molecule has 0 amide bonds. The number of hydrogen-bond donors (Lipinski definition) is 0. The highest BCUT2D eigenvalue weighted by molar-refractivity contribution is 5.56. The highest BCUT2D eigenvalue weighted by atomic mass is 16.5. The number of ether oxygens (including phenoxy) is 1. The third-order valence-corrected chi connectivity index (χ3v) is 2.27. The Labute approximate surface area is 82.8 Å². The monoisotopic (exact) mass is 186 g/mol. The van der Waals surface area contributed by atoms with E-state index in [1.165, 1.54) is 4.90 Å². The summed E-state index contributed by atoms with van der Waals surface area (Å²) >= 11 is 0. The van der Waals surface area contributed by atoms with Gasteiger partial charge < -0.3 is 4.74 Å². The van der Waals surface area contributed by atoms with Crippen molar-refractivity contribution in [2.75, 3.05) is 7.11 Å². The van der Waals surface area contributed by atoms with E-state index < -0.39 is 0 Å². The van der Waals surface area contributed by atoms with E-state index in [4.69, 9.17) is 10.00 Å². The molecule has 0 aliphatic carbocycles. The summed E-state index contributed by atoms with van der Waals surface area (Å²) in [7, 11) is 1.60. The van der Waals surface area contributed by atoms with Gasteiger partial charge in [-0.2, -0.15) is 5.26 Å². The van der Waals surface area contributed by atoms with E-state index in [1.54, 1.807) is 13.3 Å². The van der Waals surface area contributed by atoms with Gasteiger partial charge in [-0.15, -0.1) is 0 Å². The summed E-state index contributed by atoms with van der Waals surface area (Å²) in [5.74, 6) is 0. The van der Waals surface area contributed by atoms with Crippen molar-refractivity contribution in [3.8, 4) is 6.19 Å². The van der Waals surface area contributed by atoms with E-state index in [2.05, 4.69) is 6.19 Å². The molecule has 0 N–H and O–H groups in total. The molecular formula is C11H10N2O. The van der Waals surface area contributed by atoms with Gasteiger partial charge in [0.05, 0.1) is 0 Å². The number of rotatable bonds is 1. The molecule has 1 heterocycles. The van der Waals surface area contributed by atoms with Crippen LogP contribution in [0.15, 0.2) is 30.5 Å². The number of methoxy groups -OCH3 is 1. The highest BCUT2D eigenvalue weighted by Gasteiger charge is 2.22. The Morgan fingerprint density at radius 3 is 2.93 bits per heavy atom. The Hall–Kier alpha value is -1.79. The predicted octanol–water partition coefficient (Wildman–Crippen LogP) is 2.10. The Balaban J connectivity index is 2.48. The van der Waals surface area contributed by atoms with Crippen LogP contribution in [-0.4, -0.2) is 12.0 Å². The molecule has 1 aliphatic rings. The minimum atomic E-state index is -0.291. The van der Waals surface area contributed by atoms with E-state index in [-0.39, 0.29) is 6.23 Å². The molecule has 0 radical (unpaired) electrons. The fraction of sp³-hybridized carbons (Fsp3) is 0.182. The molecule has 1 aromatic carbocycles. The van der Waals surface area contributed by atoms with Crippen molar-refractivity contribution in [2.24, 2.45) is 0 Å². The van der Waals surface area contributed by atoms with Gasteiger partial charge in [-0.05, 0) is 11.6 Å². The van der Waals surface area contributed by atoms with Crippen LogP contribution in [0, 0.1) is 11.5 Å². The normalized spacial score (nSPS) is 18.9. The molecule has 1 aromatic rings. The molecule has 3 nitrogen and oxygen atoms in total. The van der Waals surface area contributed by atoms with Gasteiger partial charge in [-0.3, -0.25) is 4.90 Å². The van der Waals surface area contributed by atoms with Crippen LogP contribution >= 0.6 is 0 Å². The molecule has 3 heteroatoms. The SMILES string of the molecule is COC1c2ccccc2C=CN1C#N. The van der Waals surface area contributed by atoms with Crippen molar-refractivity contribution in [2.45, 2.75) is 6.23 Å². The summed E-state index contributed by atoms with van der Waals surface area (Å²) < 4.78 is 5.27. The lowest BCUT2D eigenvalue weighted by Gasteiger charge is -2.27. The molecule has 0 saturated carbocycles. The zero-order valence-electron chi connectivity index (χ0n) is 7.84. The molecule has 2 rings (SSSR count). The third-order valence-electron chi connectivity index (χ3n) is 2.27. The van der Waals surface area contributed by atoms with Crippen LogP contribution < -0.4 is 0 Å². The van der Waals surface area contributed by atoms with E-state index >= 15 is 0 Å². The zero-order valence-corrected chi connectivity index (χ0v) is 7.84. The summed E-state index contributed by atoms with van der Waals surface area (Å²) in [4.78, 5) is 1.49. The van der Waals surface area contributed by atoms with E-state index in [0.717, 1.165) is 11.1 Å². The van der Waals surface area contributed by atoms with Crippen LogP contribution in [0.5, 0.6) is 0 Å². The lowest BCUT2D eigenvalue weighted by Crippen LogP contribution is -2.23. The Bertz CT molecular complexity index is 406. The second-order valence-corrected chi connectivity index (χ2v) is 3.04. The van der Waals surface area contributed by atoms with Gasteiger partial charge in [0, 0.05) is 18.9 Å². The minimum Gasteiger partial charge on any atom is -0.356 e. The second kappa shape index (κ2) is 3.52. The van der Waals surface area contributed by atoms with Gasteiger partial charge in [0.2, 0.25) is 0 Å². The first-order valence-corrected chi connectivity index (χ1v) is 4.35. The van der Waals surface area contributed by atoms with Crippen molar-refractivity contribution in [1.29, 1.82) is 5.26 Å². The number of hydrogen-bond acceptors (Lipinski definition) is 3. The van der Waals surface area contributed by atoms with Crippen LogP contribution in [0.3, 0.4) is 0 Å². The first-order chi connectivity index (χ1) is 6.86. The first-order valence-electron chi connectivity index (χ1n) is 4.35. The molecule has 0 spiro atoms. The van der Waals surface area contributed by atoms with Crippen LogP contribution in [0.1, 0.15) is 17.4 Å². The van der Waals surface area contributed by atoms with Gasteiger partial charge in [-0.25, -0.2) is 0 Å². The molecule has 0 fully saturated rings. The molecule has 0 bridgehead atoms. The lowest BCUT2D eigenvalue weighted by atomic mass is 10.0. The summed E-state index contributed by atoms with van der Waals surface area (Å²) in [5, 5.41) is 8.86. The van der Waals surface area contributed by atoms with E-state index in [0.29, 0.717) is 0 Å². The lowest BCUT2D eigenvalue weighted by molar-refractivity contribution is 0.0202. The largest absolute Gasteiger partial charge is 0.356 e.